The van der Waals surface area contributed by atoms with Crippen LogP contribution in [0.5, 0.6) is 0 Å². The summed E-state index contributed by atoms with van der Waals surface area (Å²) in [4.78, 5) is 28.2. The fourth-order valence-electron chi connectivity index (χ4n) is 2.56. The highest BCUT2D eigenvalue weighted by molar-refractivity contribution is 6.33. The van der Waals surface area contributed by atoms with Crippen molar-refractivity contribution in [3.8, 4) is 0 Å². The minimum atomic E-state index is -0.416. The summed E-state index contributed by atoms with van der Waals surface area (Å²) in [5.41, 5.74) is 1.63. The van der Waals surface area contributed by atoms with Crippen molar-refractivity contribution in [3.05, 3.63) is 65.2 Å². The minimum absolute atomic E-state index is 0.0399. The van der Waals surface area contributed by atoms with E-state index >= 15 is 0 Å². The Hall–Kier alpha value is -2.37. The number of rotatable bonds is 7. The molecule has 2 rings (SSSR count). The van der Waals surface area contributed by atoms with Crippen LogP contribution in [0.2, 0.25) is 5.02 Å². The standard InChI is InChI=1S/C20H24ClN3O2/c1-15(20(26)24(3)13-16-9-5-4-6-10-16)23(2)14-19(25)22-18-12-8-7-11-17(18)21/h4-12,15H,13-14H2,1-3H3,(H,22,25)/t15-/m0/s1. The SMILES string of the molecule is C[C@@H](C(=O)N(C)Cc1ccccc1)N(C)CC(=O)Nc1ccccc1Cl. The number of halogens is 1. The molecule has 0 heterocycles. The number of benzene rings is 2. The van der Waals surface area contributed by atoms with E-state index in [1.807, 2.05) is 30.3 Å². The van der Waals surface area contributed by atoms with Crippen molar-refractivity contribution >= 4 is 29.1 Å². The summed E-state index contributed by atoms with van der Waals surface area (Å²) < 4.78 is 0. The monoisotopic (exact) mass is 373 g/mol. The number of hydrogen-bond acceptors (Lipinski definition) is 3. The number of nitrogens with zero attached hydrogens (tertiary/aromatic N) is 2. The summed E-state index contributed by atoms with van der Waals surface area (Å²) >= 11 is 6.05. The number of hydrogen-bond donors (Lipinski definition) is 1. The van der Waals surface area contributed by atoms with Crippen LogP contribution in [0.4, 0.5) is 5.69 Å². The van der Waals surface area contributed by atoms with Gasteiger partial charge in [0, 0.05) is 13.6 Å². The van der Waals surface area contributed by atoms with Crippen LogP contribution in [0.15, 0.2) is 54.6 Å². The van der Waals surface area contributed by atoms with Gasteiger partial charge in [-0.25, -0.2) is 0 Å². The Balaban J connectivity index is 1.89. The molecule has 0 bridgehead atoms. The van der Waals surface area contributed by atoms with Crippen LogP contribution in [0.1, 0.15) is 12.5 Å². The molecule has 0 saturated heterocycles. The predicted molar refractivity (Wildman–Crippen MR) is 105 cm³/mol. The van der Waals surface area contributed by atoms with E-state index in [1.165, 1.54) is 0 Å². The third-order valence-electron chi connectivity index (χ3n) is 4.20. The van der Waals surface area contributed by atoms with Gasteiger partial charge in [-0.15, -0.1) is 0 Å². The molecule has 2 aromatic rings. The molecule has 0 unspecified atom stereocenters. The van der Waals surface area contributed by atoms with Gasteiger partial charge in [-0.05, 0) is 31.7 Å². The highest BCUT2D eigenvalue weighted by Crippen LogP contribution is 2.20. The average molecular weight is 374 g/mol. The number of carbonyl (C=O) groups is 2. The number of anilines is 1. The summed E-state index contributed by atoms with van der Waals surface area (Å²) in [5, 5.41) is 3.25. The summed E-state index contributed by atoms with van der Waals surface area (Å²) in [6.07, 6.45) is 0. The van der Waals surface area contributed by atoms with Crippen LogP contribution in [-0.4, -0.2) is 48.3 Å². The van der Waals surface area contributed by atoms with Gasteiger partial charge in [-0.2, -0.15) is 0 Å². The van der Waals surface area contributed by atoms with E-state index in [1.54, 1.807) is 55.1 Å². The molecular formula is C20H24ClN3O2. The lowest BCUT2D eigenvalue weighted by Gasteiger charge is -2.28. The Bertz CT molecular complexity index is 752. The Labute approximate surface area is 159 Å². The average Bonchev–Trinajstić information content (AvgIpc) is 2.63. The first-order chi connectivity index (χ1) is 12.4. The highest BCUT2D eigenvalue weighted by Gasteiger charge is 2.23. The summed E-state index contributed by atoms with van der Waals surface area (Å²) in [6, 6.07) is 16.4. The molecule has 0 spiro atoms. The Morgan fingerprint density at radius 2 is 1.65 bits per heavy atom. The molecule has 0 aliphatic heterocycles. The quantitative estimate of drug-likeness (QED) is 0.810. The lowest BCUT2D eigenvalue weighted by atomic mass is 10.2. The van der Waals surface area contributed by atoms with Crippen molar-refractivity contribution in [3.63, 3.8) is 0 Å². The first-order valence-corrected chi connectivity index (χ1v) is 8.80. The lowest BCUT2D eigenvalue weighted by Crippen LogP contribution is -2.46. The first-order valence-electron chi connectivity index (χ1n) is 8.42. The van der Waals surface area contributed by atoms with Crippen LogP contribution in [0.25, 0.3) is 0 Å². The molecule has 0 aromatic heterocycles. The van der Waals surface area contributed by atoms with Crippen molar-refractivity contribution in [2.24, 2.45) is 0 Å². The fourth-order valence-corrected chi connectivity index (χ4v) is 2.74. The van der Waals surface area contributed by atoms with Crippen molar-refractivity contribution in [2.45, 2.75) is 19.5 Å². The smallest absolute Gasteiger partial charge is 0.239 e. The Kier molecular flexibility index (Phi) is 7.18. The second-order valence-corrected chi connectivity index (χ2v) is 6.71. The van der Waals surface area contributed by atoms with Gasteiger partial charge in [-0.1, -0.05) is 54.1 Å². The molecule has 6 heteroatoms. The maximum atomic E-state index is 12.6. The Morgan fingerprint density at radius 1 is 1.04 bits per heavy atom. The fraction of sp³-hybridized carbons (Fsp3) is 0.300. The molecule has 1 atom stereocenters. The van der Waals surface area contributed by atoms with Gasteiger partial charge in [0.15, 0.2) is 0 Å². The lowest BCUT2D eigenvalue weighted by molar-refractivity contribution is -0.135. The van der Waals surface area contributed by atoms with Crippen molar-refractivity contribution in [1.29, 1.82) is 0 Å². The zero-order chi connectivity index (χ0) is 19.1. The number of nitrogens with one attached hydrogen (secondary N) is 1. The number of likely N-dealkylation sites (N-methyl/N-ethyl adjacent to an activating group) is 2. The van der Waals surface area contributed by atoms with Gasteiger partial charge >= 0.3 is 0 Å². The highest BCUT2D eigenvalue weighted by atomic mass is 35.5. The predicted octanol–water partition coefficient (Wildman–Crippen LogP) is 3.26. The van der Waals surface area contributed by atoms with E-state index in [4.69, 9.17) is 11.6 Å². The van der Waals surface area contributed by atoms with E-state index in [2.05, 4.69) is 5.32 Å². The molecule has 26 heavy (non-hydrogen) atoms. The number of amides is 2. The molecular weight excluding hydrogens is 350 g/mol. The van der Waals surface area contributed by atoms with E-state index in [0.717, 1.165) is 5.56 Å². The first kappa shape index (κ1) is 19.9. The molecule has 1 N–H and O–H groups in total. The molecule has 2 amide bonds. The summed E-state index contributed by atoms with van der Waals surface area (Å²) in [6.45, 7) is 2.42. The largest absolute Gasteiger partial charge is 0.340 e. The molecule has 0 aliphatic rings. The van der Waals surface area contributed by atoms with Crippen LogP contribution in [0, 0.1) is 0 Å². The van der Waals surface area contributed by atoms with Gasteiger partial charge in [-0.3, -0.25) is 14.5 Å². The molecule has 0 saturated carbocycles. The van der Waals surface area contributed by atoms with Crippen LogP contribution < -0.4 is 5.32 Å². The molecule has 138 valence electrons. The van der Waals surface area contributed by atoms with E-state index in [0.29, 0.717) is 17.3 Å². The van der Waals surface area contributed by atoms with Crippen molar-refractivity contribution in [1.82, 2.24) is 9.80 Å². The van der Waals surface area contributed by atoms with Gasteiger partial charge in [0.05, 0.1) is 23.3 Å². The molecule has 5 nitrogen and oxygen atoms in total. The molecule has 0 radical (unpaired) electrons. The van der Waals surface area contributed by atoms with Gasteiger partial charge in [0.1, 0.15) is 0 Å². The topological polar surface area (TPSA) is 52.7 Å². The van der Waals surface area contributed by atoms with Gasteiger partial charge < -0.3 is 10.2 Å². The van der Waals surface area contributed by atoms with Crippen LogP contribution in [0.3, 0.4) is 0 Å². The van der Waals surface area contributed by atoms with Crippen molar-refractivity contribution in [2.75, 3.05) is 26.0 Å². The molecule has 0 aliphatic carbocycles. The van der Waals surface area contributed by atoms with Crippen LogP contribution >= 0.6 is 11.6 Å². The maximum absolute atomic E-state index is 12.6. The van der Waals surface area contributed by atoms with Crippen LogP contribution in [-0.2, 0) is 16.1 Å². The van der Waals surface area contributed by atoms with E-state index < -0.39 is 6.04 Å². The normalized spacial score (nSPS) is 11.9. The van der Waals surface area contributed by atoms with Gasteiger partial charge in [0.25, 0.3) is 0 Å². The summed E-state index contributed by atoms with van der Waals surface area (Å²) in [7, 11) is 3.52. The zero-order valence-corrected chi connectivity index (χ0v) is 16.0. The third kappa shape index (κ3) is 5.58. The minimum Gasteiger partial charge on any atom is -0.340 e. The van der Waals surface area contributed by atoms with E-state index in [9.17, 15) is 9.59 Å². The van der Waals surface area contributed by atoms with Crippen molar-refractivity contribution < 1.29 is 9.59 Å². The molecule has 2 aromatic carbocycles. The Morgan fingerprint density at radius 3 is 2.31 bits per heavy atom. The second-order valence-electron chi connectivity index (χ2n) is 6.30. The number of carbonyl (C=O) groups excluding carboxylic acids is 2. The van der Waals surface area contributed by atoms with E-state index in [-0.39, 0.29) is 18.4 Å². The third-order valence-corrected chi connectivity index (χ3v) is 4.53. The second kappa shape index (κ2) is 9.36. The number of para-hydroxylation sites is 1. The van der Waals surface area contributed by atoms with Gasteiger partial charge in [0.2, 0.25) is 11.8 Å². The summed E-state index contributed by atoms with van der Waals surface area (Å²) in [5.74, 6) is -0.257. The zero-order valence-electron chi connectivity index (χ0n) is 15.3. The maximum Gasteiger partial charge on any atom is 0.239 e. The molecule has 0 fully saturated rings.